The minimum atomic E-state index is 0.537. The van der Waals surface area contributed by atoms with Crippen molar-refractivity contribution in [3.8, 4) is 0 Å². The molecule has 10 heteroatoms. The maximum absolute atomic E-state index is 5.65. The first-order valence-electron chi connectivity index (χ1n) is 15.2. The first kappa shape index (κ1) is 38.9. The van der Waals surface area contributed by atoms with Crippen LogP contribution in [0.2, 0.25) is 0 Å². The van der Waals surface area contributed by atoms with Crippen molar-refractivity contribution in [3.63, 3.8) is 0 Å². The van der Waals surface area contributed by atoms with Gasteiger partial charge in [-0.15, -0.1) is 11.6 Å². The molecule has 0 saturated carbocycles. The summed E-state index contributed by atoms with van der Waals surface area (Å²) in [5.74, 6) is 0.749. The molecule has 0 saturated heterocycles. The van der Waals surface area contributed by atoms with Gasteiger partial charge in [-0.1, -0.05) is 45.4 Å². The Bertz CT molecular complexity index is 386. The van der Waals surface area contributed by atoms with Crippen molar-refractivity contribution in [1.82, 2.24) is 0 Å². The molecule has 0 aromatic heterocycles. The quantitative estimate of drug-likeness (QED) is 0.0751. The van der Waals surface area contributed by atoms with Gasteiger partial charge in [-0.2, -0.15) is 0 Å². The molecule has 0 N–H and O–H groups in total. The molecule has 0 fully saturated rings. The predicted octanol–water partition coefficient (Wildman–Crippen LogP) is 4.91. The van der Waals surface area contributed by atoms with Crippen LogP contribution >= 0.6 is 11.6 Å². The third-order valence-corrected chi connectivity index (χ3v) is 5.81. The fourth-order valence-corrected chi connectivity index (χ4v) is 3.51. The van der Waals surface area contributed by atoms with Crippen LogP contribution in [0.25, 0.3) is 0 Å². The molecule has 0 radical (unpaired) electrons. The summed E-state index contributed by atoms with van der Waals surface area (Å²) in [7, 11) is 0. The number of rotatable bonds is 36. The molecule has 39 heavy (non-hydrogen) atoms. The summed E-state index contributed by atoms with van der Waals surface area (Å²) in [5.41, 5.74) is 0. The molecule has 0 aromatic carbocycles. The van der Waals surface area contributed by atoms with E-state index in [0.717, 1.165) is 38.4 Å². The Labute approximate surface area is 243 Å². The fourth-order valence-electron chi connectivity index (χ4n) is 3.32. The van der Waals surface area contributed by atoms with Gasteiger partial charge in [0.2, 0.25) is 0 Å². The van der Waals surface area contributed by atoms with Gasteiger partial charge in [0.25, 0.3) is 0 Å². The van der Waals surface area contributed by atoms with Crippen molar-refractivity contribution < 1.29 is 42.6 Å². The molecular weight excluding hydrogens is 528 g/mol. The topological polar surface area (TPSA) is 83.1 Å². The van der Waals surface area contributed by atoms with E-state index >= 15 is 0 Å². The van der Waals surface area contributed by atoms with Crippen LogP contribution in [-0.2, 0) is 42.6 Å². The van der Waals surface area contributed by atoms with E-state index in [0.29, 0.717) is 106 Å². The minimum absolute atomic E-state index is 0.537. The zero-order valence-corrected chi connectivity index (χ0v) is 25.6. The van der Waals surface area contributed by atoms with E-state index < -0.39 is 0 Å². The van der Waals surface area contributed by atoms with Crippen LogP contribution in [0.1, 0.15) is 64.7 Å². The minimum Gasteiger partial charge on any atom is -0.379 e. The standard InChI is InChI=1S/C29H59ClO9/c1-2-3-4-6-9-12-31-14-16-33-18-20-35-22-24-37-26-28-39-29-27-38-25-23-36-21-19-34-17-15-32-13-10-7-5-8-11-30/h2-29H2,1H3. The van der Waals surface area contributed by atoms with Crippen LogP contribution in [0.4, 0.5) is 0 Å². The van der Waals surface area contributed by atoms with Gasteiger partial charge in [0.1, 0.15) is 0 Å². The van der Waals surface area contributed by atoms with Gasteiger partial charge in [0, 0.05) is 19.1 Å². The molecule has 9 nitrogen and oxygen atoms in total. The largest absolute Gasteiger partial charge is 0.379 e. The number of halogens is 1. The number of ether oxygens (including phenoxy) is 9. The Balaban J connectivity index is 3.01. The Morgan fingerprint density at radius 1 is 0.282 bits per heavy atom. The normalized spacial score (nSPS) is 11.5. The van der Waals surface area contributed by atoms with Gasteiger partial charge >= 0.3 is 0 Å². The summed E-state index contributed by atoms with van der Waals surface area (Å²) in [5, 5.41) is 0. The SMILES string of the molecule is CCCCCCCOCCOCCOCCOCCOCCOCCOCCOCCOCCCCCCCl. The highest BCUT2D eigenvalue weighted by Crippen LogP contribution is 2.02. The molecule has 236 valence electrons. The molecule has 0 amide bonds. The van der Waals surface area contributed by atoms with Crippen molar-refractivity contribution in [2.75, 3.05) is 125 Å². The number of hydrogen-bond donors (Lipinski definition) is 0. The molecule has 0 unspecified atom stereocenters. The van der Waals surface area contributed by atoms with Gasteiger partial charge in [0.15, 0.2) is 0 Å². The smallest absolute Gasteiger partial charge is 0.0701 e. The second-order valence-electron chi connectivity index (χ2n) is 9.03. The van der Waals surface area contributed by atoms with Gasteiger partial charge in [-0.05, 0) is 19.3 Å². The average molecular weight is 587 g/mol. The van der Waals surface area contributed by atoms with Gasteiger partial charge < -0.3 is 42.6 Å². The van der Waals surface area contributed by atoms with E-state index in [2.05, 4.69) is 6.92 Å². The van der Waals surface area contributed by atoms with Crippen LogP contribution in [0.5, 0.6) is 0 Å². The second kappa shape index (κ2) is 37.9. The highest BCUT2D eigenvalue weighted by atomic mass is 35.5. The van der Waals surface area contributed by atoms with Crippen LogP contribution < -0.4 is 0 Å². The molecule has 0 aromatic rings. The monoisotopic (exact) mass is 586 g/mol. The van der Waals surface area contributed by atoms with E-state index in [-0.39, 0.29) is 0 Å². The molecule has 0 aliphatic carbocycles. The lowest BCUT2D eigenvalue weighted by Crippen LogP contribution is -2.15. The molecule has 0 aliphatic heterocycles. The Hall–Kier alpha value is -0.0700. The molecular formula is C29H59ClO9. The van der Waals surface area contributed by atoms with Gasteiger partial charge in [-0.25, -0.2) is 0 Å². The molecule has 0 atom stereocenters. The predicted molar refractivity (Wildman–Crippen MR) is 155 cm³/mol. The number of unbranched alkanes of at least 4 members (excludes halogenated alkanes) is 7. The number of hydrogen-bond acceptors (Lipinski definition) is 9. The average Bonchev–Trinajstić information content (AvgIpc) is 2.95. The lowest BCUT2D eigenvalue weighted by molar-refractivity contribution is -0.0250. The van der Waals surface area contributed by atoms with E-state index in [1.807, 2.05) is 0 Å². The first-order chi connectivity index (χ1) is 19.4. The molecule has 0 bridgehead atoms. The van der Waals surface area contributed by atoms with Crippen molar-refractivity contribution in [3.05, 3.63) is 0 Å². The summed E-state index contributed by atoms with van der Waals surface area (Å²) in [6.07, 6.45) is 10.8. The van der Waals surface area contributed by atoms with Gasteiger partial charge in [-0.3, -0.25) is 0 Å². The third kappa shape index (κ3) is 37.9. The maximum Gasteiger partial charge on any atom is 0.0701 e. The fraction of sp³-hybridized carbons (Fsp3) is 1.00. The van der Waals surface area contributed by atoms with Crippen LogP contribution in [-0.4, -0.2) is 125 Å². The highest BCUT2D eigenvalue weighted by molar-refractivity contribution is 6.17. The maximum atomic E-state index is 5.65. The van der Waals surface area contributed by atoms with Crippen molar-refractivity contribution in [2.24, 2.45) is 0 Å². The first-order valence-corrected chi connectivity index (χ1v) is 15.7. The third-order valence-electron chi connectivity index (χ3n) is 5.54. The molecule has 0 rings (SSSR count). The van der Waals surface area contributed by atoms with Gasteiger partial charge in [0.05, 0.1) is 106 Å². The van der Waals surface area contributed by atoms with E-state index in [1.54, 1.807) is 0 Å². The van der Waals surface area contributed by atoms with E-state index in [4.69, 9.17) is 54.2 Å². The summed E-state index contributed by atoms with van der Waals surface area (Å²) in [4.78, 5) is 0. The zero-order valence-electron chi connectivity index (χ0n) is 24.9. The van der Waals surface area contributed by atoms with E-state index in [1.165, 1.54) is 38.5 Å². The lowest BCUT2D eigenvalue weighted by Gasteiger charge is -2.09. The van der Waals surface area contributed by atoms with Crippen LogP contribution in [0.3, 0.4) is 0 Å². The summed E-state index contributed by atoms with van der Waals surface area (Å²) >= 11 is 5.65. The van der Waals surface area contributed by atoms with E-state index in [9.17, 15) is 0 Å². The summed E-state index contributed by atoms with van der Waals surface area (Å²) in [6, 6.07) is 0. The van der Waals surface area contributed by atoms with Crippen LogP contribution in [0.15, 0.2) is 0 Å². The summed E-state index contributed by atoms with van der Waals surface area (Å²) in [6.45, 7) is 12.9. The molecule has 0 heterocycles. The van der Waals surface area contributed by atoms with Crippen molar-refractivity contribution in [1.29, 1.82) is 0 Å². The summed E-state index contributed by atoms with van der Waals surface area (Å²) < 4.78 is 49.4. The number of alkyl halides is 1. The molecule has 0 aliphatic rings. The highest BCUT2D eigenvalue weighted by Gasteiger charge is 1.96. The van der Waals surface area contributed by atoms with Crippen molar-refractivity contribution >= 4 is 11.6 Å². The van der Waals surface area contributed by atoms with Crippen molar-refractivity contribution in [2.45, 2.75) is 64.7 Å². The Kier molecular flexibility index (Phi) is 37.9. The van der Waals surface area contributed by atoms with Crippen LogP contribution in [0, 0.1) is 0 Å². The Morgan fingerprint density at radius 2 is 0.513 bits per heavy atom. The zero-order chi connectivity index (χ0) is 28.2. The second-order valence-corrected chi connectivity index (χ2v) is 9.41. The lowest BCUT2D eigenvalue weighted by atomic mass is 10.2. The molecule has 0 spiro atoms. The Morgan fingerprint density at radius 3 is 0.769 bits per heavy atom.